The van der Waals surface area contributed by atoms with Crippen molar-refractivity contribution in [2.24, 2.45) is 5.92 Å². The number of nitrogens with zero attached hydrogens (tertiary/aromatic N) is 3. The standard InChI is InChI=1S/C23H23N3O3/c1-2-29-23(28)15-7-6-12-25(13-15)14-26-19-11-5-10-18-20(19)21(24-26)16-8-3-4-9-17(16)22(18)27/h3-5,8-11,15H,2,6-7,12-14H2,1H3/t15-/m1/s1. The van der Waals surface area contributed by atoms with Crippen molar-refractivity contribution >= 4 is 22.7 Å². The zero-order chi connectivity index (χ0) is 20.0. The van der Waals surface area contributed by atoms with Crippen LogP contribution in [-0.4, -0.2) is 46.1 Å². The molecule has 3 aromatic rings. The van der Waals surface area contributed by atoms with Crippen LogP contribution in [0.2, 0.25) is 0 Å². The molecular formula is C23H23N3O3. The number of aromatic nitrogens is 2. The Kier molecular flexibility index (Phi) is 4.43. The third-order valence-electron chi connectivity index (χ3n) is 5.91. The van der Waals surface area contributed by atoms with Crippen LogP contribution in [0.5, 0.6) is 0 Å². The van der Waals surface area contributed by atoms with E-state index in [0.29, 0.717) is 30.9 Å². The van der Waals surface area contributed by atoms with Gasteiger partial charge in [0.1, 0.15) is 5.69 Å². The number of carbonyl (C=O) groups is 2. The zero-order valence-corrected chi connectivity index (χ0v) is 16.4. The molecule has 148 valence electrons. The second-order valence-corrected chi connectivity index (χ2v) is 7.73. The molecule has 2 aromatic carbocycles. The lowest BCUT2D eigenvalue weighted by Gasteiger charge is -2.31. The normalized spacial score (nSPS) is 18.7. The number of fused-ring (bicyclic) bond motifs is 2. The van der Waals surface area contributed by atoms with E-state index in [1.165, 1.54) is 0 Å². The summed E-state index contributed by atoms with van der Waals surface area (Å²) >= 11 is 0. The molecule has 2 heterocycles. The summed E-state index contributed by atoms with van der Waals surface area (Å²) in [5.74, 6) is -0.139. The fraction of sp³-hybridized carbons (Fsp3) is 0.348. The van der Waals surface area contributed by atoms with Gasteiger partial charge < -0.3 is 4.74 Å². The monoisotopic (exact) mass is 389 g/mol. The number of likely N-dealkylation sites (tertiary alicyclic amines) is 1. The van der Waals surface area contributed by atoms with Crippen molar-refractivity contribution in [1.29, 1.82) is 0 Å². The lowest BCUT2D eigenvalue weighted by Crippen LogP contribution is -2.40. The van der Waals surface area contributed by atoms with E-state index < -0.39 is 0 Å². The van der Waals surface area contributed by atoms with Gasteiger partial charge in [0.05, 0.1) is 24.7 Å². The Morgan fingerprint density at radius 3 is 2.76 bits per heavy atom. The van der Waals surface area contributed by atoms with Crippen LogP contribution in [0.15, 0.2) is 42.5 Å². The molecule has 0 unspecified atom stereocenters. The van der Waals surface area contributed by atoms with Crippen LogP contribution < -0.4 is 0 Å². The Morgan fingerprint density at radius 1 is 1.14 bits per heavy atom. The molecule has 2 aliphatic rings. The van der Waals surface area contributed by atoms with Crippen LogP contribution in [0.4, 0.5) is 0 Å². The van der Waals surface area contributed by atoms with Gasteiger partial charge in [0.2, 0.25) is 0 Å². The average molecular weight is 389 g/mol. The van der Waals surface area contributed by atoms with E-state index in [0.717, 1.165) is 41.5 Å². The molecule has 1 saturated heterocycles. The topological polar surface area (TPSA) is 64.4 Å². The van der Waals surface area contributed by atoms with Gasteiger partial charge in [0, 0.05) is 28.6 Å². The smallest absolute Gasteiger partial charge is 0.310 e. The first-order chi connectivity index (χ1) is 14.2. The highest BCUT2D eigenvalue weighted by Gasteiger charge is 2.30. The van der Waals surface area contributed by atoms with Gasteiger partial charge in [-0.2, -0.15) is 5.10 Å². The number of rotatable bonds is 4. The van der Waals surface area contributed by atoms with Crippen molar-refractivity contribution in [2.75, 3.05) is 19.7 Å². The summed E-state index contributed by atoms with van der Waals surface area (Å²) in [5, 5.41) is 5.83. The van der Waals surface area contributed by atoms with E-state index in [-0.39, 0.29) is 17.7 Å². The minimum Gasteiger partial charge on any atom is -0.466 e. The summed E-state index contributed by atoms with van der Waals surface area (Å²) in [5.41, 5.74) is 4.13. The molecule has 0 bridgehead atoms. The molecule has 0 saturated carbocycles. The van der Waals surface area contributed by atoms with Crippen LogP contribution in [0.1, 0.15) is 35.7 Å². The van der Waals surface area contributed by atoms with Crippen LogP contribution in [0.25, 0.3) is 22.2 Å². The Bertz CT molecular complexity index is 1120. The molecule has 29 heavy (non-hydrogen) atoms. The third kappa shape index (κ3) is 2.95. The van der Waals surface area contributed by atoms with E-state index >= 15 is 0 Å². The maximum absolute atomic E-state index is 13.0. The van der Waals surface area contributed by atoms with Crippen LogP contribution in [0, 0.1) is 5.92 Å². The van der Waals surface area contributed by atoms with E-state index in [9.17, 15) is 9.59 Å². The zero-order valence-electron chi connectivity index (χ0n) is 16.4. The Hall–Kier alpha value is -2.99. The van der Waals surface area contributed by atoms with Gasteiger partial charge in [0.25, 0.3) is 0 Å². The largest absolute Gasteiger partial charge is 0.466 e. The van der Waals surface area contributed by atoms with E-state index in [4.69, 9.17) is 9.84 Å². The number of ketones is 1. The first-order valence-corrected chi connectivity index (χ1v) is 10.2. The molecule has 0 radical (unpaired) electrons. The quantitative estimate of drug-likeness (QED) is 0.500. The molecule has 1 aliphatic carbocycles. The van der Waals surface area contributed by atoms with Crippen molar-refractivity contribution < 1.29 is 14.3 Å². The highest BCUT2D eigenvalue weighted by Crippen LogP contribution is 2.38. The molecule has 6 nitrogen and oxygen atoms in total. The molecule has 0 spiro atoms. The predicted molar refractivity (Wildman–Crippen MR) is 110 cm³/mol. The molecule has 1 aliphatic heterocycles. The number of piperidine rings is 1. The summed E-state index contributed by atoms with van der Waals surface area (Å²) in [6.07, 6.45) is 1.83. The molecule has 0 N–H and O–H groups in total. The first-order valence-electron chi connectivity index (χ1n) is 10.2. The highest BCUT2D eigenvalue weighted by atomic mass is 16.5. The molecule has 6 heteroatoms. The molecule has 5 rings (SSSR count). The van der Waals surface area contributed by atoms with E-state index in [1.807, 2.05) is 54.1 Å². The van der Waals surface area contributed by atoms with E-state index in [2.05, 4.69) is 4.90 Å². The minimum atomic E-state index is -0.108. The average Bonchev–Trinajstić information content (AvgIpc) is 3.12. The van der Waals surface area contributed by atoms with Crippen molar-refractivity contribution in [1.82, 2.24) is 14.7 Å². The van der Waals surface area contributed by atoms with Crippen LogP contribution in [-0.2, 0) is 16.2 Å². The summed E-state index contributed by atoms with van der Waals surface area (Å²) in [4.78, 5) is 27.4. The Morgan fingerprint density at radius 2 is 1.93 bits per heavy atom. The SMILES string of the molecule is CCOC(=O)[C@@H]1CCCN(Cn2nc3c4c(cccc42)C(=O)c2ccccc2-3)C1. The predicted octanol–water partition coefficient (Wildman–Crippen LogP) is 3.48. The maximum atomic E-state index is 13.0. The molecule has 1 fully saturated rings. The summed E-state index contributed by atoms with van der Waals surface area (Å²) in [6, 6.07) is 13.5. The highest BCUT2D eigenvalue weighted by molar-refractivity contribution is 6.25. The number of ether oxygens (including phenoxy) is 1. The van der Waals surface area contributed by atoms with Crippen LogP contribution >= 0.6 is 0 Å². The number of esters is 1. The number of hydrogen-bond acceptors (Lipinski definition) is 5. The van der Waals surface area contributed by atoms with Gasteiger partial charge >= 0.3 is 5.97 Å². The third-order valence-corrected chi connectivity index (χ3v) is 5.91. The van der Waals surface area contributed by atoms with Crippen molar-refractivity contribution in [3.05, 3.63) is 53.6 Å². The molecule has 1 aromatic heterocycles. The van der Waals surface area contributed by atoms with Crippen molar-refractivity contribution in [3.63, 3.8) is 0 Å². The second kappa shape index (κ2) is 7.12. The lowest BCUT2D eigenvalue weighted by molar-refractivity contribution is -0.150. The fourth-order valence-corrected chi connectivity index (χ4v) is 4.57. The van der Waals surface area contributed by atoms with Gasteiger partial charge in [0.15, 0.2) is 5.78 Å². The number of benzene rings is 2. The summed E-state index contributed by atoms with van der Waals surface area (Å²) in [6.45, 7) is 4.44. The van der Waals surface area contributed by atoms with Gasteiger partial charge in [-0.05, 0) is 32.4 Å². The lowest BCUT2D eigenvalue weighted by atomic mass is 9.87. The number of carbonyl (C=O) groups excluding carboxylic acids is 2. The molecule has 0 amide bonds. The minimum absolute atomic E-state index is 0.0543. The summed E-state index contributed by atoms with van der Waals surface area (Å²) < 4.78 is 7.19. The van der Waals surface area contributed by atoms with Gasteiger partial charge in [-0.1, -0.05) is 36.4 Å². The molecular weight excluding hydrogens is 366 g/mol. The van der Waals surface area contributed by atoms with Gasteiger partial charge in [-0.15, -0.1) is 0 Å². The van der Waals surface area contributed by atoms with Crippen molar-refractivity contribution in [2.45, 2.75) is 26.4 Å². The second-order valence-electron chi connectivity index (χ2n) is 7.73. The van der Waals surface area contributed by atoms with E-state index in [1.54, 1.807) is 0 Å². The summed E-state index contributed by atoms with van der Waals surface area (Å²) in [7, 11) is 0. The van der Waals surface area contributed by atoms with Gasteiger partial charge in [-0.25, -0.2) is 4.68 Å². The fourth-order valence-electron chi connectivity index (χ4n) is 4.57. The maximum Gasteiger partial charge on any atom is 0.310 e. The first kappa shape index (κ1) is 18.1. The molecule has 1 atom stereocenters. The van der Waals surface area contributed by atoms with Gasteiger partial charge in [-0.3, -0.25) is 14.5 Å². The Balaban J connectivity index is 1.51. The Labute approximate surface area is 169 Å². The van der Waals surface area contributed by atoms with Crippen molar-refractivity contribution in [3.8, 4) is 11.3 Å². The number of hydrogen-bond donors (Lipinski definition) is 0. The van der Waals surface area contributed by atoms with Crippen LogP contribution in [0.3, 0.4) is 0 Å².